The van der Waals surface area contributed by atoms with E-state index in [2.05, 4.69) is 9.97 Å². The van der Waals surface area contributed by atoms with E-state index < -0.39 is 17.7 Å². The first kappa shape index (κ1) is 28.8. The van der Waals surface area contributed by atoms with Crippen molar-refractivity contribution in [1.82, 2.24) is 19.3 Å². The first-order chi connectivity index (χ1) is 20.1. The number of alkyl halides is 3. The highest BCUT2D eigenvalue weighted by atomic mass is 32.1. The van der Waals surface area contributed by atoms with Crippen LogP contribution in [0.1, 0.15) is 81.7 Å². The van der Waals surface area contributed by atoms with Crippen LogP contribution in [0.4, 0.5) is 13.2 Å². The van der Waals surface area contributed by atoms with E-state index in [-0.39, 0.29) is 23.7 Å². The normalized spacial score (nSPS) is 21.8. The summed E-state index contributed by atoms with van der Waals surface area (Å²) in [6.45, 7) is 2.10. The van der Waals surface area contributed by atoms with Crippen molar-refractivity contribution in [2.45, 2.75) is 69.6 Å². The Morgan fingerprint density at radius 2 is 1.95 bits per heavy atom. The quantitative estimate of drug-likeness (QED) is 0.266. The van der Waals surface area contributed by atoms with E-state index in [0.29, 0.717) is 40.2 Å². The van der Waals surface area contributed by atoms with E-state index >= 15 is 0 Å². The zero-order valence-corrected chi connectivity index (χ0v) is 24.4. The molecule has 0 radical (unpaired) electrons. The van der Waals surface area contributed by atoms with Gasteiger partial charge in [-0.05, 0) is 62.6 Å². The second kappa shape index (κ2) is 11.1. The van der Waals surface area contributed by atoms with Crippen molar-refractivity contribution in [3.05, 3.63) is 63.5 Å². The van der Waals surface area contributed by atoms with Gasteiger partial charge in [0.15, 0.2) is 10.7 Å². The SMILES string of the molecule is Cc1nc2sccn2c1C(=O)O.NC[C@@H]1C[C@@H]2CCC[C@@H]2N1C(=O)c1nc(C2CC2)sc1-c1cccc(C(F)(F)F)c1. The van der Waals surface area contributed by atoms with Crippen LogP contribution in [0, 0.1) is 12.8 Å². The number of benzene rings is 1. The zero-order chi connectivity index (χ0) is 29.8. The third-order valence-corrected chi connectivity index (χ3v) is 10.3. The van der Waals surface area contributed by atoms with Crippen LogP contribution in [-0.4, -0.2) is 54.9 Å². The summed E-state index contributed by atoms with van der Waals surface area (Å²) >= 11 is 2.79. The fraction of sp³-hybridized carbons (Fsp3) is 0.448. The monoisotopic (exact) mass is 617 g/mol. The number of halogens is 3. The van der Waals surface area contributed by atoms with Crippen molar-refractivity contribution in [1.29, 1.82) is 0 Å². The molecule has 222 valence electrons. The number of carboxylic acids is 1. The second-order valence-corrected chi connectivity index (χ2v) is 13.0. The number of carbonyl (C=O) groups excluding carboxylic acids is 1. The molecule has 4 aromatic rings. The Hall–Kier alpha value is -3.29. The minimum absolute atomic E-state index is 0.0202. The number of rotatable bonds is 5. The summed E-state index contributed by atoms with van der Waals surface area (Å²) in [7, 11) is 0. The van der Waals surface area contributed by atoms with Gasteiger partial charge in [0.05, 0.1) is 21.1 Å². The molecule has 4 heterocycles. The number of aromatic carboxylic acids is 1. The molecule has 3 N–H and O–H groups in total. The summed E-state index contributed by atoms with van der Waals surface area (Å²) in [6.07, 6.45) is 3.39. The number of carboxylic acid groups (broad SMARTS) is 1. The fourth-order valence-corrected chi connectivity index (χ4v) is 8.19. The van der Waals surface area contributed by atoms with Gasteiger partial charge in [0, 0.05) is 36.1 Å². The number of thiazole rings is 2. The van der Waals surface area contributed by atoms with Crippen LogP contribution in [0.2, 0.25) is 0 Å². The molecule has 2 saturated carbocycles. The van der Waals surface area contributed by atoms with E-state index in [0.717, 1.165) is 60.6 Å². The lowest BCUT2D eigenvalue weighted by Crippen LogP contribution is -2.44. The molecule has 13 heteroatoms. The first-order valence-corrected chi connectivity index (χ1v) is 15.6. The van der Waals surface area contributed by atoms with Gasteiger partial charge in [0.1, 0.15) is 5.69 Å². The number of aryl methyl sites for hydroxylation is 1. The van der Waals surface area contributed by atoms with Crippen molar-refractivity contribution in [3.8, 4) is 10.4 Å². The molecule has 1 aliphatic heterocycles. The fourth-order valence-electron chi connectivity index (χ4n) is 6.21. The van der Waals surface area contributed by atoms with Gasteiger partial charge >= 0.3 is 12.1 Å². The van der Waals surface area contributed by atoms with Crippen molar-refractivity contribution >= 4 is 39.5 Å². The smallest absolute Gasteiger partial charge is 0.416 e. The molecule has 1 amide bonds. The average Bonchev–Trinajstić information content (AvgIpc) is 3.33. The number of amides is 1. The number of nitrogens with zero attached hydrogens (tertiary/aromatic N) is 4. The predicted octanol–water partition coefficient (Wildman–Crippen LogP) is 6.45. The lowest BCUT2D eigenvalue weighted by atomic mass is 10.0. The van der Waals surface area contributed by atoms with Gasteiger partial charge in [0.25, 0.3) is 5.91 Å². The Morgan fingerprint density at radius 1 is 1.17 bits per heavy atom. The minimum Gasteiger partial charge on any atom is -0.477 e. The molecule has 0 spiro atoms. The number of fused-ring (bicyclic) bond motifs is 2. The molecular weight excluding hydrogens is 587 g/mol. The Bertz CT molecular complexity index is 1640. The molecule has 3 fully saturated rings. The van der Waals surface area contributed by atoms with Gasteiger partial charge in [-0.1, -0.05) is 18.6 Å². The number of carbonyl (C=O) groups is 2. The topological polar surface area (TPSA) is 114 Å². The molecule has 42 heavy (non-hydrogen) atoms. The number of imidazole rings is 1. The number of nitrogens with two attached hydrogens (primary N) is 1. The van der Waals surface area contributed by atoms with Crippen molar-refractivity contribution in [2.24, 2.45) is 11.7 Å². The van der Waals surface area contributed by atoms with Crippen LogP contribution < -0.4 is 5.73 Å². The lowest BCUT2D eigenvalue weighted by molar-refractivity contribution is -0.137. The molecule has 8 nitrogen and oxygen atoms in total. The number of hydrogen-bond acceptors (Lipinski definition) is 7. The summed E-state index contributed by atoms with van der Waals surface area (Å²) in [4.78, 5) is 36.4. The van der Waals surface area contributed by atoms with Crippen LogP contribution in [-0.2, 0) is 6.18 Å². The Labute approximate surface area is 248 Å². The van der Waals surface area contributed by atoms with Gasteiger partial charge in [-0.2, -0.15) is 13.2 Å². The minimum atomic E-state index is -4.43. The molecule has 2 aliphatic carbocycles. The molecule has 7 rings (SSSR count). The third kappa shape index (κ3) is 5.33. The molecule has 1 aromatic carbocycles. The number of aromatic nitrogens is 3. The van der Waals surface area contributed by atoms with Crippen LogP contribution in [0.15, 0.2) is 35.8 Å². The van der Waals surface area contributed by atoms with Gasteiger partial charge < -0.3 is 15.7 Å². The summed E-state index contributed by atoms with van der Waals surface area (Å²) in [5, 5.41) is 11.5. The van der Waals surface area contributed by atoms with E-state index in [4.69, 9.17) is 10.8 Å². The standard InChI is InChI=1S/C22H24F3N3OS.C7H6N2O2S/c23-22(24,25)15-5-1-4-14(9-15)19-18(27-20(30-19)12-7-8-12)21(29)28-16(11-26)10-13-3-2-6-17(13)28;1-4-5(6(10)11)9-2-3-12-7(9)8-4/h1,4-5,9,12-13,16-17H,2-3,6-8,10-11,26H2;2-3H,1H3,(H,10,11)/t13-,16-,17-;/m0./s1. The van der Waals surface area contributed by atoms with Crippen LogP contribution in [0.25, 0.3) is 15.4 Å². The van der Waals surface area contributed by atoms with E-state index in [9.17, 15) is 22.8 Å². The highest BCUT2D eigenvalue weighted by Crippen LogP contribution is 2.47. The predicted molar refractivity (Wildman–Crippen MR) is 154 cm³/mol. The summed E-state index contributed by atoms with van der Waals surface area (Å²) in [5.74, 6) is -0.306. The highest BCUT2D eigenvalue weighted by molar-refractivity contribution is 7.15. The molecular formula is C29H30F3N5O3S2. The number of hydrogen-bond donors (Lipinski definition) is 2. The molecule has 3 aromatic heterocycles. The average molecular weight is 618 g/mol. The summed E-state index contributed by atoms with van der Waals surface area (Å²) in [5.41, 5.74) is 6.80. The maximum atomic E-state index is 13.7. The Kier molecular flexibility index (Phi) is 7.60. The third-order valence-electron chi connectivity index (χ3n) is 8.32. The van der Waals surface area contributed by atoms with E-state index in [1.54, 1.807) is 23.6 Å². The van der Waals surface area contributed by atoms with E-state index in [1.807, 2.05) is 10.3 Å². The largest absolute Gasteiger partial charge is 0.477 e. The highest BCUT2D eigenvalue weighted by Gasteiger charge is 2.46. The van der Waals surface area contributed by atoms with Crippen LogP contribution in [0.5, 0.6) is 0 Å². The van der Waals surface area contributed by atoms with E-state index in [1.165, 1.54) is 28.7 Å². The molecule has 3 atom stereocenters. The molecule has 0 unspecified atom stereocenters. The van der Waals surface area contributed by atoms with Gasteiger partial charge in [0.2, 0.25) is 0 Å². The van der Waals surface area contributed by atoms with Gasteiger partial charge in [-0.15, -0.1) is 22.7 Å². The number of likely N-dealkylation sites (tertiary alicyclic amines) is 1. The van der Waals surface area contributed by atoms with Crippen molar-refractivity contribution < 1.29 is 27.9 Å². The van der Waals surface area contributed by atoms with Gasteiger partial charge in [-0.25, -0.2) is 14.8 Å². The first-order valence-electron chi connectivity index (χ1n) is 13.9. The maximum Gasteiger partial charge on any atom is 0.416 e. The summed E-state index contributed by atoms with van der Waals surface area (Å²) in [6, 6.07) is 5.37. The Balaban J connectivity index is 0.000000219. The lowest BCUT2D eigenvalue weighted by Gasteiger charge is -2.29. The second-order valence-electron chi connectivity index (χ2n) is 11.1. The molecule has 3 aliphatic rings. The molecule has 0 bridgehead atoms. The maximum absolute atomic E-state index is 13.7. The Morgan fingerprint density at radius 3 is 2.64 bits per heavy atom. The van der Waals surface area contributed by atoms with Crippen molar-refractivity contribution in [3.63, 3.8) is 0 Å². The van der Waals surface area contributed by atoms with Crippen molar-refractivity contribution in [2.75, 3.05) is 6.54 Å². The zero-order valence-electron chi connectivity index (χ0n) is 22.8. The summed E-state index contributed by atoms with van der Waals surface area (Å²) < 4.78 is 41.4. The van der Waals surface area contributed by atoms with Gasteiger partial charge in [-0.3, -0.25) is 9.20 Å². The van der Waals surface area contributed by atoms with Crippen LogP contribution in [0.3, 0.4) is 0 Å². The van der Waals surface area contributed by atoms with Crippen LogP contribution >= 0.6 is 22.7 Å². The molecule has 1 saturated heterocycles.